The third-order valence-corrected chi connectivity index (χ3v) is 3.84. The molecule has 0 saturated carbocycles. The average Bonchev–Trinajstić information content (AvgIpc) is 2.82. The summed E-state index contributed by atoms with van der Waals surface area (Å²) in [4.78, 5) is 11.6. The Balaban J connectivity index is 2.53. The molecule has 0 radical (unpaired) electrons. The Hall–Kier alpha value is -1.81. The molecule has 0 spiro atoms. The van der Waals surface area contributed by atoms with E-state index < -0.39 is 5.97 Å². The standard InChI is InChI=1S/C14H14O3S/c1-3-9-8-18-13(14(15)16)12(9)10-4-6-11(17-2)7-5-10/h4-8H,3H2,1-2H3,(H,15,16). The van der Waals surface area contributed by atoms with Gasteiger partial charge in [0, 0.05) is 5.56 Å². The molecule has 94 valence electrons. The molecule has 2 aromatic rings. The molecule has 1 N–H and O–H groups in total. The molecule has 0 unspecified atom stereocenters. The van der Waals surface area contributed by atoms with Gasteiger partial charge in [0.1, 0.15) is 10.6 Å². The van der Waals surface area contributed by atoms with Gasteiger partial charge in [-0.1, -0.05) is 19.1 Å². The topological polar surface area (TPSA) is 46.5 Å². The van der Waals surface area contributed by atoms with Gasteiger partial charge in [0.2, 0.25) is 0 Å². The minimum Gasteiger partial charge on any atom is -0.497 e. The number of rotatable bonds is 4. The number of methoxy groups -OCH3 is 1. The highest BCUT2D eigenvalue weighted by molar-refractivity contribution is 7.12. The maximum absolute atomic E-state index is 11.2. The molecule has 3 nitrogen and oxygen atoms in total. The minimum atomic E-state index is -0.870. The van der Waals surface area contributed by atoms with Crippen LogP contribution in [-0.2, 0) is 6.42 Å². The molecule has 0 aliphatic rings. The van der Waals surface area contributed by atoms with E-state index in [1.165, 1.54) is 11.3 Å². The first-order valence-corrected chi connectivity index (χ1v) is 6.53. The molecule has 1 aromatic carbocycles. The maximum atomic E-state index is 11.2. The summed E-state index contributed by atoms with van der Waals surface area (Å²) in [5.74, 6) is -0.102. The van der Waals surface area contributed by atoms with E-state index in [9.17, 15) is 9.90 Å². The van der Waals surface area contributed by atoms with E-state index in [0.29, 0.717) is 4.88 Å². The Morgan fingerprint density at radius 1 is 1.33 bits per heavy atom. The highest BCUT2D eigenvalue weighted by atomic mass is 32.1. The van der Waals surface area contributed by atoms with Crippen molar-refractivity contribution in [2.75, 3.05) is 7.11 Å². The highest BCUT2D eigenvalue weighted by Gasteiger charge is 2.17. The lowest BCUT2D eigenvalue weighted by atomic mass is 10.0. The quantitative estimate of drug-likeness (QED) is 0.914. The van der Waals surface area contributed by atoms with Gasteiger partial charge < -0.3 is 9.84 Å². The number of aryl methyl sites for hydroxylation is 1. The Morgan fingerprint density at radius 2 is 2.00 bits per heavy atom. The Bertz CT molecular complexity index is 555. The predicted molar refractivity (Wildman–Crippen MR) is 72.6 cm³/mol. The number of hydrogen-bond acceptors (Lipinski definition) is 3. The number of benzene rings is 1. The minimum absolute atomic E-state index is 0.400. The van der Waals surface area contributed by atoms with E-state index in [0.717, 1.165) is 28.9 Å². The molecule has 0 amide bonds. The van der Waals surface area contributed by atoms with Crippen LogP contribution in [0.2, 0.25) is 0 Å². The summed E-state index contributed by atoms with van der Waals surface area (Å²) in [5.41, 5.74) is 2.83. The van der Waals surface area contributed by atoms with Crippen LogP contribution in [0.3, 0.4) is 0 Å². The summed E-state index contributed by atoms with van der Waals surface area (Å²) in [6, 6.07) is 7.48. The lowest BCUT2D eigenvalue weighted by Crippen LogP contribution is -1.96. The second-order valence-corrected chi connectivity index (χ2v) is 4.73. The third kappa shape index (κ3) is 2.24. The second kappa shape index (κ2) is 5.23. The number of ether oxygens (including phenoxy) is 1. The van der Waals surface area contributed by atoms with Gasteiger partial charge in [-0.05, 0) is 35.1 Å². The molecular formula is C14H14O3S. The number of carboxylic acids is 1. The molecule has 0 bridgehead atoms. The largest absolute Gasteiger partial charge is 0.497 e. The molecule has 0 fully saturated rings. The lowest BCUT2D eigenvalue weighted by molar-refractivity contribution is 0.0703. The van der Waals surface area contributed by atoms with E-state index in [-0.39, 0.29) is 0 Å². The molecule has 4 heteroatoms. The van der Waals surface area contributed by atoms with Crippen LogP contribution in [-0.4, -0.2) is 18.2 Å². The van der Waals surface area contributed by atoms with Crippen molar-refractivity contribution in [3.8, 4) is 16.9 Å². The molecule has 1 heterocycles. The molecule has 0 aliphatic heterocycles. The van der Waals surface area contributed by atoms with Crippen LogP contribution >= 0.6 is 11.3 Å². The van der Waals surface area contributed by atoms with Crippen LogP contribution in [0.4, 0.5) is 0 Å². The van der Waals surface area contributed by atoms with Gasteiger partial charge in [-0.25, -0.2) is 4.79 Å². The summed E-state index contributed by atoms with van der Waals surface area (Å²) < 4.78 is 5.11. The molecule has 0 saturated heterocycles. The average molecular weight is 262 g/mol. The zero-order valence-corrected chi connectivity index (χ0v) is 11.1. The van der Waals surface area contributed by atoms with E-state index in [1.54, 1.807) is 7.11 Å². The van der Waals surface area contributed by atoms with Crippen molar-refractivity contribution in [2.45, 2.75) is 13.3 Å². The van der Waals surface area contributed by atoms with Gasteiger partial charge in [-0.3, -0.25) is 0 Å². The van der Waals surface area contributed by atoms with Crippen molar-refractivity contribution in [2.24, 2.45) is 0 Å². The zero-order chi connectivity index (χ0) is 13.1. The van der Waals surface area contributed by atoms with Crippen molar-refractivity contribution in [1.82, 2.24) is 0 Å². The fourth-order valence-electron chi connectivity index (χ4n) is 1.89. The van der Waals surface area contributed by atoms with Crippen LogP contribution in [0.25, 0.3) is 11.1 Å². The van der Waals surface area contributed by atoms with Crippen LogP contribution in [0, 0.1) is 0 Å². The number of carboxylic acid groups (broad SMARTS) is 1. The van der Waals surface area contributed by atoms with Crippen LogP contribution < -0.4 is 4.74 Å². The van der Waals surface area contributed by atoms with Crippen LogP contribution in [0.5, 0.6) is 5.75 Å². The fourth-order valence-corrected chi connectivity index (χ4v) is 2.90. The molecule has 1 aromatic heterocycles. The van der Waals surface area contributed by atoms with Gasteiger partial charge in [0.05, 0.1) is 7.11 Å². The van der Waals surface area contributed by atoms with Gasteiger partial charge >= 0.3 is 5.97 Å². The first-order valence-electron chi connectivity index (χ1n) is 5.65. The zero-order valence-electron chi connectivity index (χ0n) is 10.3. The van der Waals surface area contributed by atoms with Gasteiger partial charge in [-0.2, -0.15) is 0 Å². The number of carbonyl (C=O) groups is 1. The normalized spacial score (nSPS) is 10.3. The maximum Gasteiger partial charge on any atom is 0.346 e. The van der Waals surface area contributed by atoms with Crippen LogP contribution in [0.1, 0.15) is 22.2 Å². The molecule has 18 heavy (non-hydrogen) atoms. The first-order chi connectivity index (χ1) is 8.67. The summed E-state index contributed by atoms with van der Waals surface area (Å²) in [6.45, 7) is 2.03. The van der Waals surface area contributed by atoms with E-state index >= 15 is 0 Å². The van der Waals surface area contributed by atoms with Gasteiger partial charge in [0.15, 0.2) is 0 Å². The predicted octanol–water partition coefficient (Wildman–Crippen LogP) is 3.68. The van der Waals surface area contributed by atoms with E-state index in [1.807, 2.05) is 36.6 Å². The SMILES string of the molecule is CCc1csc(C(=O)O)c1-c1ccc(OC)cc1. The summed E-state index contributed by atoms with van der Waals surface area (Å²) >= 11 is 1.28. The van der Waals surface area contributed by atoms with Gasteiger partial charge in [0.25, 0.3) is 0 Å². The summed E-state index contributed by atoms with van der Waals surface area (Å²) in [7, 11) is 1.61. The number of hydrogen-bond donors (Lipinski definition) is 1. The summed E-state index contributed by atoms with van der Waals surface area (Å²) in [5, 5.41) is 11.1. The lowest BCUT2D eigenvalue weighted by Gasteiger charge is -2.06. The van der Waals surface area contributed by atoms with Crippen molar-refractivity contribution in [1.29, 1.82) is 0 Å². The monoisotopic (exact) mass is 262 g/mol. The number of thiophene rings is 1. The Labute approximate surface area is 110 Å². The Kier molecular flexibility index (Phi) is 3.67. The highest BCUT2D eigenvalue weighted by Crippen LogP contribution is 2.34. The number of aromatic carboxylic acids is 1. The molecular weight excluding hydrogens is 248 g/mol. The fraction of sp³-hybridized carbons (Fsp3) is 0.214. The van der Waals surface area contributed by atoms with Crippen molar-refractivity contribution in [3.05, 3.63) is 40.1 Å². The Morgan fingerprint density at radius 3 is 2.50 bits per heavy atom. The smallest absolute Gasteiger partial charge is 0.346 e. The van der Waals surface area contributed by atoms with Gasteiger partial charge in [-0.15, -0.1) is 11.3 Å². The second-order valence-electron chi connectivity index (χ2n) is 3.85. The molecule has 0 atom stereocenters. The molecule has 2 rings (SSSR count). The van der Waals surface area contributed by atoms with E-state index in [2.05, 4.69) is 0 Å². The third-order valence-electron chi connectivity index (χ3n) is 2.82. The summed E-state index contributed by atoms with van der Waals surface area (Å²) in [6.07, 6.45) is 0.825. The van der Waals surface area contributed by atoms with Crippen LogP contribution in [0.15, 0.2) is 29.6 Å². The van der Waals surface area contributed by atoms with Crippen molar-refractivity contribution in [3.63, 3.8) is 0 Å². The van der Waals surface area contributed by atoms with E-state index in [4.69, 9.17) is 4.74 Å². The van der Waals surface area contributed by atoms with Crippen molar-refractivity contribution < 1.29 is 14.6 Å². The molecule has 0 aliphatic carbocycles. The first kappa shape index (κ1) is 12.6. The van der Waals surface area contributed by atoms with Crippen molar-refractivity contribution >= 4 is 17.3 Å².